The predicted molar refractivity (Wildman–Crippen MR) is 93.9 cm³/mol. The van der Waals surface area contributed by atoms with Crippen LogP contribution in [0.1, 0.15) is 28.8 Å². The van der Waals surface area contributed by atoms with Crippen molar-refractivity contribution in [2.24, 2.45) is 0 Å². The molecule has 1 amide bonds. The summed E-state index contributed by atoms with van der Waals surface area (Å²) in [5, 5.41) is 8.23. The van der Waals surface area contributed by atoms with Crippen LogP contribution in [-0.2, 0) is 17.8 Å². The summed E-state index contributed by atoms with van der Waals surface area (Å²) in [6, 6.07) is 4.23. The molecule has 3 rings (SSSR count). The van der Waals surface area contributed by atoms with E-state index >= 15 is 0 Å². The van der Waals surface area contributed by atoms with Crippen LogP contribution in [0.3, 0.4) is 0 Å². The van der Waals surface area contributed by atoms with Crippen LogP contribution in [0.15, 0.2) is 24.8 Å². The lowest BCUT2D eigenvalue weighted by molar-refractivity contribution is -0.120. The van der Waals surface area contributed by atoms with Gasteiger partial charge in [0.2, 0.25) is 5.91 Å². The van der Waals surface area contributed by atoms with Crippen LogP contribution >= 0.6 is 0 Å². The molecule has 0 unspecified atom stereocenters. The lowest BCUT2D eigenvalue weighted by Gasteiger charge is -2.07. The van der Waals surface area contributed by atoms with E-state index in [-0.39, 0.29) is 5.91 Å². The molecule has 0 radical (unpaired) electrons. The molecule has 0 aliphatic heterocycles. The first kappa shape index (κ1) is 16.2. The number of hydrogen-bond donors (Lipinski definition) is 2. The van der Waals surface area contributed by atoms with Crippen molar-refractivity contribution in [2.45, 2.75) is 40.2 Å². The molecule has 2 N–H and O–H groups in total. The fourth-order valence-electron chi connectivity index (χ4n) is 3.07. The maximum atomic E-state index is 12.3. The largest absolute Gasteiger partial charge is 0.358 e. The molecule has 2 heterocycles. The van der Waals surface area contributed by atoms with Crippen molar-refractivity contribution in [3.8, 4) is 0 Å². The molecule has 0 spiro atoms. The third kappa shape index (κ3) is 3.32. The number of nitrogens with one attached hydrogen (secondary N) is 2. The summed E-state index contributed by atoms with van der Waals surface area (Å²) in [6.45, 7) is 7.61. The van der Waals surface area contributed by atoms with Crippen LogP contribution in [0.25, 0.3) is 10.9 Å². The number of aromatic nitrogens is 4. The van der Waals surface area contributed by atoms with E-state index in [4.69, 9.17) is 0 Å². The van der Waals surface area contributed by atoms with E-state index in [1.54, 1.807) is 11.0 Å². The van der Waals surface area contributed by atoms with Gasteiger partial charge in [0.25, 0.3) is 0 Å². The third-order valence-corrected chi connectivity index (χ3v) is 4.38. The second kappa shape index (κ2) is 6.86. The van der Waals surface area contributed by atoms with Crippen LogP contribution in [0.4, 0.5) is 0 Å². The first-order valence-corrected chi connectivity index (χ1v) is 8.22. The highest BCUT2D eigenvalue weighted by molar-refractivity contribution is 5.93. The Morgan fingerprint density at radius 2 is 2.04 bits per heavy atom. The van der Waals surface area contributed by atoms with Crippen molar-refractivity contribution in [3.05, 3.63) is 47.2 Å². The number of carbonyl (C=O) groups excluding carboxylic acids is 1. The number of fused-ring (bicyclic) bond motifs is 1. The fraction of sp³-hybridized carbons (Fsp3) is 0.389. The molecule has 1 aromatic carbocycles. The minimum Gasteiger partial charge on any atom is -0.358 e. The molecule has 0 saturated heterocycles. The number of benzene rings is 1. The Hall–Kier alpha value is -2.63. The first-order chi connectivity index (χ1) is 11.6. The molecule has 0 saturated carbocycles. The van der Waals surface area contributed by atoms with Gasteiger partial charge < -0.3 is 10.3 Å². The van der Waals surface area contributed by atoms with Crippen LogP contribution in [0, 0.1) is 20.8 Å². The van der Waals surface area contributed by atoms with Crippen LogP contribution in [0.2, 0.25) is 0 Å². The predicted octanol–water partition coefficient (Wildman–Crippen LogP) is 2.43. The monoisotopic (exact) mass is 325 g/mol. The standard InChI is InChI=1S/C18H23N5O/c1-12-5-6-13(2)18-17(12)15(14(3)22-18)9-16(24)20-7-4-8-23-11-19-10-21-23/h5-6,10-11,22H,4,7-9H2,1-3H3,(H,20,24). The highest BCUT2D eigenvalue weighted by Gasteiger charge is 2.15. The van der Waals surface area contributed by atoms with Gasteiger partial charge in [-0.2, -0.15) is 5.10 Å². The number of H-pyrrole nitrogens is 1. The van der Waals surface area contributed by atoms with E-state index in [2.05, 4.69) is 46.4 Å². The SMILES string of the molecule is Cc1[nH]c2c(C)ccc(C)c2c1CC(=O)NCCCn1cncn1. The summed E-state index contributed by atoms with van der Waals surface area (Å²) in [5.74, 6) is 0.0542. The number of nitrogens with zero attached hydrogens (tertiary/aromatic N) is 3. The number of carbonyl (C=O) groups is 1. The summed E-state index contributed by atoms with van der Waals surface area (Å²) in [7, 11) is 0. The van der Waals surface area contributed by atoms with Gasteiger partial charge in [-0.1, -0.05) is 12.1 Å². The Bertz CT molecular complexity index is 848. The molecular weight excluding hydrogens is 302 g/mol. The highest BCUT2D eigenvalue weighted by atomic mass is 16.1. The maximum absolute atomic E-state index is 12.3. The van der Waals surface area contributed by atoms with Gasteiger partial charge in [0.1, 0.15) is 12.7 Å². The average Bonchev–Trinajstić information content (AvgIpc) is 3.17. The Morgan fingerprint density at radius 3 is 2.79 bits per heavy atom. The summed E-state index contributed by atoms with van der Waals surface area (Å²) in [6.07, 6.45) is 4.43. The van der Waals surface area contributed by atoms with E-state index in [1.807, 2.05) is 6.92 Å². The van der Waals surface area contributed by atoms with Gasteiger partial charge in [0, 0.05) is 29.7 Å². The smallest absolute Gasteiger partial charge is 0.224 e. The summed E-state index contributed by atoms with van der Waals surface area (Å²) in [4.78, 5) is 19.6. The summed E-state index contributed by atoms with van der Waals surface area (Å²) < 4.78 is 1.77. The topological polar surface area (TPSA) is 75.6 Å². The lowest BCUT2D eigenvalue weighted by Crippen LogP contribution is -2.27. The van der Waals surface area contributed by atoms with E-state index in [1.165, 1.54) is 22.8 Å². The molecular formula is C18H23N5O. The Kier molecular flexibility index (Phi) is 4.64. The van der Waals surface area contributed by atoms with Crippen LogP contribution < -0.4 is 5.32 Å². The quantitative estimate of drug-likeness (QED) is 0.684. The van der Waals surface area contributed by atoms with Gasteiger partial charge in [-0.3, -0.25) is 9.48 Å². The molecule has 24 heavy (non-hydrogen) atoms. The van der Waals surface area contributed by atoms with Gasteiger partial charge in [0.15, 0.2) is 0 Å². The minimum absolute atomic E-state index is 0.0542. The number of rotatable bonds is 6. The third-order valence-electron chi connectivity index (χ3n) is 4.38. The molecule has 0 atom stereocenters. The van der Waals surface area contributed by atoms with Gasteiger partial charge in [0.05, 0.1) is 6.42 Å². The van der Waals surface area contributed by atoms with Gasteiger partial charge in [-0.15, -0.1) is 0 Å². The fourth-order valence-corrected chi connectivity index (χ4v) is 3.07. The van der Waals surface area contributed by atoms with Crippen molar-refractivity contribution in [1.29, 1.82) is 0 Å². The lowest BCUT2D eigenvalue weighted by atomic mass is 10.0. The summed E-state index contributed by atoms with van der Waals surface area (Å²) in [5.41, 5.74) is 5.72. The molecule has 0 bridgehead atoms. The molecule has 0 fully saturated rings. The highest BCUT2D eigenvalue weighted by Crippen LogP contribution is 2.28. The number of hydrogen-bond acceptors (Lipinski definition) is 3. The van der Waals surface area contributed by atoms with E-state index in [0.29, 0.717) is 13.0 Å². The van der Waals surface area contributed by atoms with Crippen molar-refractivity contribution in [2.75, 3.05) is 6.54 Å². The Morgan fingerprint density at radius 1 is 1.25 bits per heavy atom. The first-order valence-electron chi connectivity index (χ1n) is 8.22. The van der Waals surface area contributed by atoms with Gasteiger partial charge in [-0.25, -0.2) is 4.98 Å². The molecule has 0 aliphatic rings. The zero-order chi connectivity index (χ0) is 17.1. The second-order valence-corrected chi connectivity index (χ2v) is 6.22. The molecule has 6 heteroatoms. The molecule has 6 nitrogen and oxygen atoms in total. The normalized spacial score (nSPS) is 11.1. The van der Waals surface area contributed by atoms with Crippen molar-refractivity contribution in [1.82, 2.24) is 25.1 Å². The van der Waals surface area contributed by atoms with Crippen molar-refractivity contribution >= 4 is 16.8 Å². The van der Waals surface area contributed by atoms with Crippen molar-refractivity contribution < 1.29 is 4.79 Å². The van der Waals surface area contributed by atoms with E-state index in [0.717, 1.165) is 29.7 Å². The minimum atomic E-state index is 0.0542. The number of aromatic amines is 1. The second-order valence-electron chi connectivity index (χ2n) is 6.22. The van der Waals surface area contributed by atoms with Crippen LogP contribution in [0.5, 0.6) is 0 Å². The van der Waals surface area contributed by atoms with Crippen LogP contribution in [-0.4, -0.2) is 32.2 Å². The van der Waals surface area contributed by atoms with Gasteiger partial charge in [-0.05, 0) is 43.9 Å². The maximum Gasteiger partial charge on any atom is 0.224 e. The molecule has 2 aromatic heterocycles. The zero-order valence-corrected chi connectivity index (χ0v) is 14.4. The molecule has 0 aliphatic carbocycles. The summed E-state index contributed by atoms with van der Waals surface area (Å²) >= 11 is 0. The zero-order valence-electron chi connectivity index (χ0n) is 14.4. The van der Waals surface area contributed by atoms with E-state index in [9.17, 15) is 4.79 Å². The Labute approximate surface area is 141 Å². The van der Waals surface area contributed by atoms with Gasteiger partial charge >= 0.3 is 0 Å². The molecule has 3 aromatic rings. The number of amides is 1. The number of aryl methyl sites for hydroxylation is 4. The van der Waals surface area contributed by atoms with Crippen molar-refractivity contribution in [3.63, 3.8) is 0 Å². The Balaban J connectivity index is 1.63. The van der Waals surface area contributed by atoms with E-state index < -0.39 is 0 Å². The average molecular weight is 325 g/mol. The molecule has 126 valence electrons.